The predicted molar refractivity (Wildman–Crippen MR) is 124 cm³/mol. The van der Waals surface area contributed by atoms with Gasteiger partial charge in [-0.15, -0.1) is 0 Å². The summed E-state index contributed by atoms with van der Waals surface area (Å²) in [7, 11) is 0. The maximum Gasteiger partial charge on any atom is 0.234 e. The lowest BCUT2D eigenvalue weighted by atomic mass is 9.95. The van der Waals surface area contributed by atoms with E-state index >= 15 is 0 Å². The third kappa shape index (κ3) is 5.88. The van der Waals surface area contributed by atoms with Crippen LogP contribution in [0.2, 0.25) is 5.02 Å². The molecular formula is C25H30ClN3O3. The number of carbonyl (C=O) groups is 2. The minimum absolute atomic E-state index is 0.0215. The van der Waals surface area contributed by atoms with Gasteiger partial charge in [0.2, 0.25) is 11.8 Å². The van der Waals surface area contributed by atoms with Crippen LogP contribution in [0, 0.1) is 5.92 Å². The lowest BCUT2D eigenvalue weighted by Crippen LogP contribution is -2.48. The molecule has 0 aliphatic carbocycles. The van der Waals surface area contributed by atoms with Crippen LogP contribution in [-0.2, 0) is 14.3 Å². The molecule has 0 saturated carbocycles. The highest BCUT2D eigenvalue weighted by molar-refractivity contribution is 6.30. The second-order valence-corrected chi connectivity index (χ2v) is 8.89. The summed E-state index contributed by atoms with van der Waals surface area (Å²) >= 11 is 6.05. The fraction of sp³-hybridized carbons (Fsp3) is 0.440. The van der Waals surface area contributed by atoms with E-state index in [1.165, 1.54) is 0 Å². The van der Waals surface area contributed by atoms with Crippen molar-refractivity contribution in [3.8, 4) is 0 Å². The average molecular weight is 456 g/mol. The smallest absolute Gasteiger partial charge is 0.234 e. The molecule has 0 spiro atoms. The Labute approximate surface area is 194 Å². The third-order valence-electron chi connectivity index (χ3n) is 6.27. The van der Waals surface area contributed by atoms with Crippen molar-refractivity contribution in [2.45, 2.75) is 18.9 Å². The molecule has 1 unspecified atom stereocenters. The lowest BCUT2D eigenvalue weighted by molar-refractivity contribution is -0.141. The van der Waals surface area contributed by atoms with Crippen LogP contribution in [0.5, 0.6) is 0 Å². The molecule has 2 fully saturated rings. The van der Waals surface area contributed by atoms with Gasteiger partial charge in [-0.3, -0.25) is 14.5 Å². The first kappa shape index (κ1) is 22.8. The largest absolute Gasteiger partial charge is 0.378 e. The number of benzene rings is 2. The first-order valence-electron chi connectivity index (χ1n) is 11.3. The molecule has 0 aromatic heterocycles. The van der Waals surface area contributed by atoms with Crippen molar-refractivity contribution < 1.29 is 14.3 Å². The molecule has 2 aromatic carbocycles. The van der Waals surface area contributed by atoms with E-state index in [0.29, 0.717) is 37.9 Å². The van der Waals surface area contributed by atoms with Crippen molar-refractivity contribution in [3.05, 3.63) is 70.7 Å². The van der Waals surface area contributed by atoms with Crippen molar-refractivity contribution in [3.63, 3.8) is 0 Å². The highest BCUT2D eigenvalue weighted by Gasteiger charge is 2.30. The van der Waals surface area contributed by atoms with Gasteiger partial charge in [-0.2, -0.15) is 0 Å². The summed E-state index contributed by atoms with van der Waals surface area (Å²) in [5.74, 6) is 0.273. The van der Waals surface area contributed by atoms with Crippen LogP contribution in [0.15, 0.2) is 54.6 Å². The highest BCUT2D eigenvalue weighted by atomic mass is 35.5. The van der Waals surface area contributed by atoms with Crippen molar-refractivity contribution in [2.75, 3.05) is 45.9 Å². The Morgan fingerprint density at radius 1 is 0.938 bits per heavy atom. The number of rotatable bonds is 6. The fourth-order valence-corrected chi connectivity index (χ4v) is 4.58. The second kappa shape index (κ2) is 10.9. The number of ether oxygens (including phenoxy) is 1. The molecule has 170 valence electrons. The van der Waals surface area contributed by atoms with Gasteiger partial charge in [0.25, 0.3) is 0 Å². The molecule has 0 bridgehead atoms. The first-order chi connectivity index (χ1) is 15.6. The number of likely N-dealkylation sites (tertiary alicyclic amines) is 1. The normalized spacial score (nSPS) is 18.8. The molecule has 1 atom stereocenters. The van der Waals surface area contributed by atoms with Crippen molar-refractivity contribution in [1.82, 2.24) is 15.1 Å². The summed E-state index contributed by atoms with van der Waals surface area (Å²) in [5.41, 5.74) is 2.02. The van der Waals surface area contributed by atoms with Gasteiger partial charge >= 0.3 is 0 Å². The quantitative estimate of drug-likeness (QED) is 0.727. The van der Waals surface area contributed by atoms with Crippen LogP contribution in [0.4, 0.5) is 0 Å². The van der Waals surface area contributed by atoms with E-state index < -0.39 is 0 Å². The Morgan fingerprint density at radius 2 is 1.56 bits per heavy atom. The molecule has 7 heteroatoms. The average Bonchev–Trinajstić information content (AvgIpc) is 2.84. The molecule has 2 saturated heterocycles. The molecule has 2 heterocycles. The molecule has 2 aromatic rings. The van der Waals surface area contributed by atoms with Gasteiger partial charge in [0.05, 0.1) is 25.8 Å². The Hall–Kier alpha value is -2.41. The van der Waals surface area contributed by atoms with E-state index in [9.17, 15) is 9.59 Å². The third-order valence-corrected chi connectivity index (χ3v) is 6.52. The second-order valence-electron chi connectivity index (χ2n) is 8.45. The SMILES string of the molecule is O=C(CN1CCC(C(=O)N2CCOCC2)CC1)NC(c1ccccc1)c1ccc(Cl)cc1. The number of amides is 2. The summed E-state index contributed by atoms with van der Waals surface area (Å²) in [6, 6.07) is 17.3. The van der Waals surface area contributed by atoms with E-state index in [1.54, 1.807) is 0 Å². The summed E-state index contributed by atoms with van der Waals surface area (Å²) < 4.78 is 5.35. The van der Waals surface area contributed by atoms with Crippen LogP contribution in [0.25, 0.3) is 0 Å². The molecule has 2 aliphatic heterocycles. The minimum atomic E-state index is -0.235. The van der Waals surface area contributed by atoms with Crippen LogP contribution in [-0.4, -0.2) is 67.6 Å². The van der Waals surface area contributed by atoms with Crippen molar-refractivity contribution in [1.29, 1.82) is 0 Å². The number of nitrogens with zero attached hydrogens (tertiary/aromatic N) is 2. The molecule has 2 aliphatic rings. The molecule has 0 radical (unpaired) electrons. The number of morpholine rings is 1. The van der Waals surface area contributed by atoms with E-state index in [-0.39, 0.29) is 23.8 Å². The van der Waals surface area contributed by atoms with E-state index in [0.717, 1.165) is 37.1 Å². The van der Waals surface area contributed by atoms with E-state index in [4.69, 9.17) is 16.3 Å². The molecule has 1 N–H and O–H groups in total. The number of hydrogen-bond acceptors (Lipinski definition) is 4. The number of piperidine rings is 1. The topological polar surface area (TPSA) is 61.9 Å². The van der Waals surface area contributed by atoms with Gasteiger partial charge in [-0.25, -0.2) is 0 Å². The van der Waals surface area contributed by atoms with Gasteiger partial charge in [0.15, 0.2) is 0 Å². The van der Waals surface area contributed by atoms with Crippen LogP contribution < -0.4 is 5.32 Å². The fourth-order valence-electron chi connectivity index (χ4n) is 4.45. The zero-order valence-corrected chi connectivity index (χ0v) is 19.0. The highest BCUT2D eigenvalue weighted by Crippen LogP contribution is 2.24. The zero-order chi connectivity index (χ0) is 22.3. The maximum absolute atomic E-state index is 12.9. The van der Waals surface area contributed by atoms with Crippen molar-refractivity contribution in [2.24, 2.45) is 5.92 Å². The predicted octanol–water partition coefficient (Wildman–Crippen LogP) is 3.12. The molecule has 2 amide bonds. The summed E-state index contributed by atoms with van der Waals surface area (Å²) in [6.07, 6.45) is 1.59. The Balaban J connectivity index is 1.33. The zero-order valence-electron chi connectivity index (χ0n) is 18.2. The first-order valence-corrected chi connectivity index (χ1v) is 11.7. The van der Waals surface area contributed by atoms with Gasteiger partial charge in [0.1, 0.15) is 0 Å². The van der Waals surface area contributed by atoms with Crippen molar-refractivity contribution >= 4 is 23.4 Å². The number of hydrogen-bond donors (Lipinski definition) is 1. The van der Waals surface area contributed by atoms with Gasteiger partial charge in [-0.1, -0.05) is 54.1 Å². The number of carbonyl (C=O) groups excluding carboxylic acids is 2. The molecule has 32 heavy (non-hydrogen) atoms. The van der Waals surface area contributed by atoms with E-state index in [2.05, 4.69) is 10.2 Å². The number of halogens is 1. The van der Waals surface area contributed by atoms with Gasteiger partial charge in [0, 0.05) is 24.0 Å². The minimum Gasteiger partial charge on any atom is -0.378 e. The monoisotopic (exact) mass is 455 g/mol. The van der Waals surface area contributed by atoms with Crippen LogP contribution in [0.3, 0.4) is 0 Å². The molecule has 6 nitrogen and oxygen atoms in total. The Morgan fingerprint density at radius 3 is 2.22 bits per heavy atom. The number of nitrogens with one attached hydrogen (secondary N) is 1. The summed E-state index contributed by atoms with van der Waals surface area (Å²) in [4.78, 5) is 29.7. The Bertz CT molecular complexity index is 892. The van der Waals surface area contributed by atoms with Crippen LogP contribution >= 0.6 is 11.6 Å². The van der Waals surface area contributed by atoms with Gasteiger partial charge < -0.3 is 15.0 Å². The standard InChI is InChI=1S/C25H30ClN3O3/c26-22-8-6-20(7-9-22)24(19-4-2-1-3-5-19)27-23(30)18-28-12-10-21(11-13-28)25(31)29-14-16-32-17-15-29/h1-9,21,24H,10-18H2,(H,27,30). The summed E-state index contributed by atoms with van der Waals surface area (Å²) in [6.45, 7) is 4.47. The van der Waals surface area contributed by atoms with Gasteiger partial charge in [-0.05, 0) is 49.2 Å². The Kier molecular flexibility index (Phi) is 7.79. The molecular weight excluding hydrogens is 426 g/mol. The summed E-state index contributed by atoms with van der Waals surface area (Å²) in [5, 5.41) is 3.86. The maximum atomic E-state index is 12.9. The van der Waals surface area contributed by atoms with Crippen LogP contribution in [0.1, 0.15) is 30.0 Å². The molecule has 4 rings (SSSR count). The van der Waals surface area contributed by atoms with E-state index in [1.807, 2.05) is 59.5 Å². The lowest BCUT2D eigenvalue weighted by Gasteiger charge is -2.35.